The van der Waals surface area contributed by atoms with Gasteiger partial charge in [0.15, 0.2) is 0 Å². The highest BCUT2D eigenvalue weighted by Gasteiger charge is 2.16. The van der Waals surface area contributed by atoms with Gasteiger partial charge >= 0.3 is 0 Å². The van der Waals surface area contributed by atoms with Gasteiger partial charge in [-0.2, -0.15) is 0 Å². The number of rotatable bonds is 10. The number of benzene rings is 2. The molecule has 0 fully saturated rings. The molecule has 27 heavy (non-hydrogen) atoms. The summed E-state index contributed by atoms with van der Waals surface area (Å²) in [5.41, 5.74) is 0.884. The van der Waals surface area contributed by atoms with Crippen LogP contribution in [0.2, 0.25) is 0 Å². The van der Waals surface area contributed by atoms with Crippen molar-refractivity contribution < 1.29 is 17.9 Å². The van der Waals surface area contributed by atoms with Crippen molar-refractivity contribution in [3.05, 3.63) is 54.1 Å². The quantitative estimate of drug-likeness (QED) is 0.604. The summed E-state index contributed by atoms with van der Waals surface area (Å²) in [6.07, 6.45) is 2.77. The van der Waals surface area contributed by atoms with Crippen LogP contribution in [-0.2, 0) is 10.0 Å². The lowest BCUT2D eigenvalue weighted by molar-refractivity contribution is 0.102. The van der Waals surface area contributed by atoms with Crippen LogP contribution in [0.15, 0.2) is 53.4 Å². The molecule has 0 unspecified atom stereocenters. The van der Waals surface area contributed by atoms with Gasteiger partial charge in [0.1, 0.15) is 5.75 Å². The highest BCUT2D eigenvalue weighted by Crippen LogP contribution is 2.17. The Bertz CT molecular complexity index is 849. The van der Waals surface area contributed by atoms with E-state index in [1.165, 1.54) is 12.1 Å². The lowest BCUT2D eigenvalue weighted by Crippen LogP contribution is -2.25. The van der Waals surface area contributed by atoms with E-state index >= 15 is 0 Å². The third-order valence-electron chi connectivity index (χ3n) is 3.90. The lowest BCUT2D eigenvalue weighted by Gasteiger charge is -2.09. The Labute approximate surface area is 161 Å². The summed E-state index contributed by atoms with van der Waals surface area (Å²) in [4.78, 5) is 12.5. The number of sulfonamides is 1. The van der Waals surface area contributed by atoms with Crippen molar-refractivity contribution in [1.29, 1.82) is 0 Å². The highest BCUT2D eigenvalue weighted by atomic mass is 32.2. The third kappa shape index (κ3) is 6.37. The Morgan fingerprint density at radius 2 is 1.78 bits per heavy atom. The average molecular weight is 391 g/mol. The Morgan fingerprint density at radius 3 is 2.44 bits per heavy atom. The molecule has 0 atom stereocenters. The second kappa shape index (κ2) is 10.1. The van der Waals surface area contributed by atoms with Gasteiger partial charge < -0.3 is 10.1 Å². The Balaban J connectivity index is 2.06. The Kier molecular flexibility index (Phi) is 7.82. The summed E-state index contributed by atoms with van der Waals surface area (Å²) >= 11 is 0. The van der Waals surface area contributed by atoms with Crippen molar-refractivity contribution in [3.8, 4) is 5.75 Å². The van der Waals surface area contributed by atoms with E-state index in [1.807, 2.05) is 6.92 Å². The molecule has 0 aliphatic carbocycles. The number of ether oxygens (including phenoxy) is 1. The van der Waals surface area contributed by atoms with E-state index in [9.17, 15) is 13.2 Å². The fourth-order valence-corrected chi connectivity index (χ4v) is 3.59. The Morgan fingerprint density at radius 1 is 1.04 bits per heavy atom. The van der Waals surface area contributed by atoms with Crippen LogP contribution in [0.3, 0.4) is 0 Å². The first-order valence-electron chi connectivity index (χ1n) is 9.10. The van der Waals surface area contributed by atoms with E-state index in [4.69, 9.17) is 4.74 Å². The molecule has 0 saturated heterocycles. The number of anilines is 1. The normalized spacial score (nSPS) is 11.2. The smallest absolute Gasteiger partial charge is 0.255 e. The summed E-state index contributed by atoms with van der Waals surface area (Å²) in [6.45, 7) is 4.91. The van der Waals surface area contributed by atoms with Crippen LogP contribution in [0.4, 0.5) is 5.69 Å². The van der Waals surface area contributed by atoms with Crippen molar-refractivity contribution in [2.24, 2.45) is 0 Å². The molecule has 6 nitrogen and oxygen atoms in total. The maximum Gasteiger partial charge on any atom is 0.255 e. The molecule has 0 aromatic heterocycles. The number of nitrogens with one attached hydrogen (secondary N) is 2. The van der Waals surface area contributed by atoms with Gasteiger partial charge in [-0.05, 0) is 55.8 Å². The molecular weight excluding hydrogens is 364 g/mol. The highest BCUT2D eigenvalue weighted by molar-refractivity contribution is 7.89. The van der Waals surface area contributed by atoms with E-state index in [2.05, 4.69) is 17.0 Å². The first-order chi connectivity index (χ1) is 13.0. The number of amides is 1. The van der Waals surface area contributed by atoms with E-state index in [0.717, 1.165) is 25.0 Å². The predicted molar refractivity (Wildman–Crippen MR) is 107 cm³/mol. The standard InChI is InChI=1S/C20H26N2O4S/c1-3-5-6-14-21-27(24,25)19-9-7-8-16(15-19)20(23)22-17-10-12-18(13-11-17)26-4-2/h7-13,15,21H,3-6,14H2,1-2H3,(H,22,23). The second-order valence-electron chi connectivity index (χ2n) is 6.04. The summed E-state index contributed by atoms with van der Waals surface area (Å²) in [6, 6.07) is 13.0. The molecule has 2 rings (SSSR count). The maximum atomic E-state index is 12.4. The molecule has 146 valence electrons. The third-order valence-corrected chi connectivity index (χ3v) is 5.36. The SMILES string of the molecule is CCCCCNS(=O)(=O)c1cccc(C(=O)Nc2ccc(OCC)cc2)c1. The molecule has 7 heteroatoms. The van der Waals surface area contributed by atoms with E-state index < -0.39 is 10.0 Å². The topological polar surface area (TPSA) is 84.5 Å². The van der Waals surface area contributed by atoms with Crippen LogP contribution in [-0.4, -0.2) is 27.5 Å². The minimum Gasteiger partial charge on any atom is -0.494 e. The van der Waals surface area contributed by atoms with E-state index in [0.29, 0.717) is 18.8 Å². The van der Waals surface area contributed by atoms with Crippen molar-refractivity contribution in [2.45, 2.75) is 38.0 Å². The van der Waals surface area contributed by atoms with Crippen LogP contribution >= 0.6 is 0 Å². The van der Waals surface area contributed by atoms with Crippen molar-refractivity contribution in [1.82, 2.24) is 4.72 Å². The number of hydrogen-bond acceptors (Lipinski definition) is 4. The molecule has 0 radical (unpaired) electrons. The zero-order valence-electron chi connectivity index (χ0n) is 15.7. The van der Waals surface area contributed by atoms with Crippen LogP contribution in [0.5, 0.6) is 5.75 Å². The van der Waals surface area contributed by atoms with Crippen LogP contribution in [0.25, 0.3) is 0 Å². The van der Waals surface area contributed by atoms with Gasteiger partial charge in [0.2, 0.25) is 10.0 Å². The Hall–Kier alpha value is -2.38. The molecule has 2 aromatic carbocycles. The van der Waals surface area contributed by atoms with Crippen molar-refractivity contribution in [2.75, 3.05) is 18.5 Å². The average Bonchev–Trinajstić information content (AvgIpc) is 2.67. The lowest BCUT2D eigenvalue weighted by atomic mass is 10.2. The van der Waals surface area contributed by atoms with Gasteiger partial charge in [-0.15, -0.1) is 0 Å². The van der Waals surface area contributed by atoms with Gasteiger partial charge in [0.25, 0.3) is 5.91 Å². The fourth-order valence-electron chi connectivity index (χ4n) is 2.47. The van der Waals surface area contributed by atoms with Gasteiger partial charge in [0.05, 0.1) is 11.5 Å². The minimum absolute atomic E-state index is 0.0818. The van der Waals surface area contributed by atoms with Crippen LogP contribution < -0.4 is 14.8 Å². The largest absolute Gasteiger partial charge is 0.494 e. The number of unbranched alkanes of at least 4 members (excludes halogenated alkanes) is 2. The van der Waals surface area contributed by atoms with Gasteiger partial charge in [-0.3, -0.25) is 4.79 Å². The van der Waals surface area contributed by atoms with E-state index in [1.54, 1.807) is 36.4 Å². The zero-order chi connectivity index (χ0) is 19.7. The maximum absolute atomic E-state index is 12.4. The first kappa shape index (κ1) is 20.9. The molecule has 0 aliphatic heterocycles. The van der Waals surface area contributed by atoms with Crippen molar-refractivity contribution >= 4 is 21.6 Å². The molecule has 0 heterocycles. The number of carbonyl (C=O) groups excluding carboxylic acids is 1. The molecule has 2 aromatic rings. The second-order valence-corrected chi connectivity index (χ2v) is 7.81. The summed E-state index contributed by atoms with van der Waals surface area (Å²) in [5.74, 6) is 0.347. The van der Waals surface area contributed by atoms with Crippen molar-refractivity contribution in [3.63, 3.8) is 0 Å². The fraction of sp³-hybridized carbons (Fsp3) is 0.350. The molecule has 0 bridgehead atoms. The molecule has 0 saturated carbocycles. The monoisotopic (exact) mass is 390 g/mol. The summed E-state index contributed by atoms with van der Waals surface area (Å²) in [5, 5.41) is 2.76. The number of carbonyl (C=O) groups is 1. The predicted octanol–water partition coefficient (Wildman–Crippen LogP) is 3.81. The number of hydrogen-bond donors (Lipinski definition) is 2. The van der Waals surface area contributed by atoms with Gasteiger partial charge in [0, 0.05) is 17.8 Å². The summed E-state index contributed by atoms with van der Waals surface area (Å²) < 4.78 is 32.7. The molecule has 2 N–H and O–H groups in total. The van der Waals surface area contributed by atoms with Gasteiger partial charge in [-0.25, -0.2) is 13.1 Å². The molecule has 1 amide bonds. The molecule has 0 spiro atoms. The molecule has 0 aliphatic rings. The first-order valence-corrected chi connectivity index (χ1v) is 10.6. The minimum atomic E-state index is -3.63. The van der Waals surface area contributed by atoms with Gasteiger partial charge in [-0.1, -0.05) is 25.8 Å². The van der Waals surface area contributed by atoms with Crippen LogP contribution in [0.1, 0.15) is 43.5 Å². The summed E-state index contributed by atoms with van der Waals surface area (Å²) in [7, 11) is -3.63. The van der Waals surface area contributed by atoms with Crippen LogP contribution in [0, 0.1) is 0 Å². The van der Waals surface area contributed by atoms with E-state index in [-0.39, 0.29) is 16.4 Å². The molecular formula is C20H26N2O4S. The zero-order valence-corrected chi connectivity index (χ0v) is 16.5.